The topological polar surface area (TPSA) is 86.0 Å². The Morgan fingerprint density at radius 3 is 2.59 bits per heavy atom. The van der Waals surface area contributed by atoms with Crippen LogP contribution in [0.25, 0.3) is 21.8 Å². The first-order valence-electron chi connectivity index (χ1n) is 10.4. The van der Waals surface area contributed by atoms with Crippen molar-refractivity contribution in [3.8, 4) is 0 Å². The van der Waals surface area contributed by atoms with Crippen LogP contribution in [0, 0.1) is 0 Å². The highest BCUT2D eigenvalue weighted by molar-refractivity contribution is 8.00. The maximum absolute atomic E-state index is 13.0. The molecule has 0 aliphatic heterocycles. The smallest absolute Gasteiger partial charge is 0.325 e. The van der Waals surface area contributed by atoms with Gasteiger partial charge < -0.3 is 5.32 Å². The van der Waals surface area contributed by atoms with E-state index in [2.05, 4.69) is 10.3 Å². The minimum atomic E-state index is -0.428. The highest BCUT2D eigenvalue weighted by Crippen LogP contribution is 2.29. The first-order valence-corrected chi connectivity index (χ1v) is 11.4. The summed E-state index contributed by atoms with van der Waals surface area (Å²) in [6, 6.07) is 13.7. The van der Waals surface area contributed by atoms with Crippen LogP contribution >= 0.6 is 11.8 Å². The summed E-state index contributed by atoms with van der Waals surface area (Å²) in [4.78, 5) is 43.2. The maximum atomic E-state index is 13.0. The first-order chi connectivity index (χ1) is 15.4. The van der Waals surface area contributed by atoms with E-state index in [0.29, 0.717) is 15.9 Å². The van der Waals surface area contributed by atoms with Gasteiger partial charge in [0.25, 0.3) is 5.56 Å². The lowest BCUT2D eigenvalue weighted by Gasteiger charge is -2.14. The van der Waals surface area contributed by atoms with Crippen LogP contribution in [0.5, 0.6) is 0 Å². The normalized spacial score (nSPS) is 11.2. The van der Waals surface area contributed by atoms with Crippen molar-refractivity contribution < 1.29 is 4.79 Å². The van der Waals surface area contributed by atoms with Crippen LogP contribution in [-0.2, 0) is 25.3 Å². The molecule has 2 aromatic heterocycles. The Bertz CT molecular complexity index is 1450. The Balaban J connectivity index is 1.69. The molecular formula is C24H24N4O3S. The van der Waals surface area contributed by atoms with Gasteiger partial charge >= 0.3 is 5.69 Å². The maximum Gasteiger partial charge on any atom is 0.332 e. The highest BCUT2D eigenvalue weighted by atomic mass is 32.2. The number of aryl methyl sites for hydroxylation is 2. The minimum Gasteiger partial charge on any atom is -0.325 e. The summed E-state index contributed by atoms with van der Waals surface area (Å²) in [5.41, 5.74) is 1.16. The lowest BCUT2D eigenvalue weighted by atomic mass is 10.1. The summed E-state index contributed by atoms with van der Waals surface area (Å²) in [5.74, 6) is -0.0363. The van der Waals surface area contributed by atoms with Gasteiger partial charge in [-0.1, -0.05) is 49.7 Å². The molecule has 0 bridgehead atoms. The number of benzene rings is 2. The number of fused-ring (bicyclic) bond motifs is 2. The molecule has 164 valence electrons. The van der Waals surface area contributed by atoms with Crippen LogP contribution in [0.15, 0.2) is 63.1 Å². The third-order valence-electron chi connectivity index (χ3n) is 5.43. The first kappa shape index (κ1) is 21.8. The number of anilines is 1. The van der Waals surface area contributed by atoms with E-state index in [1.54, 1.807) is 13.2 Å². The summed E-state index contributed by atoms with van der Waals surface area (Å²) in [6.45, 7) is 2.05. The molecule has 4 aromatic rings. The molecule has 0 atom stereocenters. The van der Waals surface area contributed by atoms with Crippen molar-refractivity contribution in [2.45, 2.75) is 24.7 Å². The molecular weight excluding hydrogens is 424 g/mol. The average molecular weight is 449 g/mol. The van der Waals surface area contributed by atoms with Crippen LogP contribution in [0.3, 0.4) is 0 Å². The largest absolute Gasteiger partial charge is 0.332 e. The van der Waals surface area contributed by atoms with Gasteiger partial charge in [0, 0.05) is 36.3 Å². The van der Waals surface area contributed by atoms with Crippen molar-refractivity contribution in [2.75, 3.05) is 11.1 Å². The van der Waals surface area contributed by atoms with Gasteiger partial charge in [-0.15, -0.1) is 11.8 Å². The van der Waals surface area contributed by atoms with Gasteiger partial charge in [-0.25, -0.2) is 9.78 Å². The fourth-order valence-corrected chi connectivity index (χ4v) is 4.82. The number of aromatic nitrogens is 3. The molecule has 0 aliphatic carbocycles. The summed E-state index contributed by atoms with van der Waals surface area (Å²) >= 11 is 1.31. The summed E-state index contributed by atoms with van der Waals surface area (Å²) in [6.07, 6.45) is 3.30. The Morgan fingerprint density at radius 2 is 1.81 bits per heavy atom. The molecule has 0 radical (unpaired) electrons. The summed E-state index contributed by atoms with van der Waals surface area (Å²) < 4.78 is 2.45. The van der Waals surface area contributed by atoms with E-state index in [4.69, 9.17) is 0 Å². The third-order valence-corrected chi connectivity index (χ3v) is 6.59. The van der Waals surface area contributed by atoms with Gasteiger partial charge in [0.05, 0.1) is 11.1 Å². The second kappa shape index (κ2) is 9.00. The van der Waals surface area contributed by atoms with Crippen LogP contribution < -0.4 is 16.6 Å². The SMILES string of the molecule is CCCc1cnc2c(c1SCC(=O)Nc1cccc3ccccc13)c(=O)n(C)c(=O)n2C. The van der Waals surface area contributed by atoms with Crippen LogP contribution in [0.2, 0.25) is 0 Å². The number of hydrogen-bond donors (Lipinski definition) is 1. The fraction of sp³-hybridized carbons (Fsp3) is 0.250. The zero-order valence-electron chi connectivity index (χ0n) is 18.2. The van der Waals surface area contributed by atoms with Gasteiger partial charge in [-0.2, -0.15) is 0 Å². The van der Waals surface area contributed by atoms with Gasteiger partial charge in [0.2, 0.25) is 5.91 Å². The standard InChI is InChI=1S/C24H24N4O3S/c1-4-8-16-13-25-22-20(23(30)28(3)24(31)27(22)2)21(16)32-14-19(29)26-18-12-7-10-15-9-5-6-11-17(15)18/h5-7,9-13H,4,8,14H2,1-3H3,(H,26,29). The van der Waals surface area contributed by atoms with Crippen molar-refractivity contribution in [1.82, 2.24) is 14.1 Å². The summed E-state index contributed by atoms with van der Waals surface area (Å²) in [7, 11) is 3.05. The molecule has 1 amide bonds. The number of rotatable bonds is 6. The van der Waals surface area contributed by atoms with E-state index in [0.717, 1.165) is 39.4 Å². The molecule has 32 heavy (non-hydrogen) atoms. The lowest BCUT2D eigenvalue weighted by molar-refractivity contribution is -0.113. The van der Waals surface area contributed by atoms with Crippen molar-refractivity contribution >= 4 is 45.2 Å². The Morgan fingerprint density at radius 1 is 1.06 bits per heavy atom. The molecule has 0 aliphatic rings. The van der Waals surface area contributed by atoms with Gasteiger partial charge in [0.15, 0.2) is 0 Å². The van der Waals surface area contributed by atoms with E-state index >= 15 is 0 Å². The average Bonchev–Trinajstić information content (AvgIpc) is 2.80. The minimum absolute atomic E-state index is 0.130. The predicted molar refractivity (Wildman–Crippen MR) is 130 cm³/mol. The zero-order chi connectivity index (χ0) is 22.8. The molecule has 2 aromatic carbocycles. The number of thioether (sulfide) groups is 1. The zero-order valence-corrected chi connectivity index (χ0v) is 19.0. The van der Waals surface area contributed by atoms with Crippen molar-refractivity contribution in [3.63, 3.8) is 0 Å². The second-order valence-electron chi connectivity index (χ2n) is 7.63. The van der Waals surface area contributed by atoms with E-state index in [1.165, 1.54) is 23.4 Å². The molecule has 2 heterocycles. The molecule has 7 nitrogen and oxygen atoms in total. The van der Waals surface area contributed by atoms with Crippen LogP contribution in [0.4, 0.5) is 5.69 Å². The van der Waals surface area contributed by atoms with Crippen molar-refractivity contribution in [1.29, 1.82) is 0 Å². The predicted octanol–water partition coefficient (Wildman–Crippen LogP) is 3.47. The second-order valence-corrected chi connectivity index (χ2v) is 8.62. The molecule has 8 heteroatoms. The van der Waals surface area contributed by atoms with E-state index in [-0.39, 0.29) is 11.7 Å². The molecule has 0 saturated heterocycles. The third kappa shape index (κ3) is 3.93. The Labute approximate surface area is 189 Å². The molecule has 4 rings (SSSR count). The number of carbonyl (C=O) groups excluding carboxylic acids is 1. The van der Waals surface area contributed by atoms with Gasteiger partial charge in [-0.3, -0.25) is 18.7 Å². The molecule has 0 unspecified atom stereocenters. The number of pyridine rings is 1. The molecule has 0 fully saturated rings. The van der Waals surface area contributed by atoms with Gasteiger partial charge in [-0.05, 0) is 23.4 Å². The Hall–Kier alpha value is -3.39. The number of amides is 1. The number of nitrogens with zero attached hydrogens (tertiary/aromatic N) is 3. The Kier molecular flexibility index (Phi) is 6.14. The summed E-state index contributed by atoms with van der Waals surface area (Å²) in [5, 5.41) is 5.38. The molecule has 0 spiro atoms. The highest BCUT2D eigenvalue weighted by Gasteiger charge is 2.18. The lowest BCUT2D eigenvalue weighted by Crippen LogP contribution is -2.37. The number of carbonyl (C=O) groups is 1. The van der Waals surface area contributed by atoms with Crippen molar-refractivity contribution in [2.24, 2.45) is 14.1 Å². The number of hydrogen-bond acceptors (Lipinski definition) is 5. The molecule has 0 saturated carbocycles. The van der Waals surface area contributed by atoms with E-state index in [1.807, 2.05) is 49.4 Å². The van der Waals surface area contributed by atoms with Crippen LogP contribution in [-0.4, -0.2) is 25.8 Å². The van der Waals surface area contributed by atoms with E-state index in [9.17, 15) is 14.4 Å². The van der Waals surface area contributed by atoms with Gasteiger partial charge in [0.1, 0.15) is 5.65 Å². The molecule has 1 N–H and O–H groups in total. The number of nitrogens with one attached hydrogen (secondary N) is 1. The van der Waals surface area contributed by atoms with Crippen molar-refractivity contribution in [3.05, 3.63) is 75.1 Å². The monoisotopic (exact) mass is 448 g/mol. The quantitative estimate of drug-likeness (QED) is 0.457. The van der Waals surface area contributed by atoms with Crippen LogP contribution in [0.1, 0.15) is 18.9 Å². The fourth-order valence-electron chi connectivity index (χ4n) is 3.81. The van der Waals surface area contributed by atoms with E-state index < -0.39 is 11.2 Å².